The van der Waals surface area contributed by atoms with Crippen LogP contribution in [-0.2, 0) is 4.79 Å². The minimum atomic E-state index is -4.54. The Kier molecular flexibility index (Phi) is 5.40. The molecule has 0 bridgehead atoms. The van der Waals surface area contributed by atoms with E-state index in [0.29, 0.717) is 0 Å². The van der Waals surface area contributed by atoms with E-state index in [1.54, 1.807) is 13.8 Å². The molecule has 0 unspecified atom stereocenters. The third-order valence-electron chi connectivity index (χ3n) is 2.88. The Balaban J connectivity index is 5.25. The van der Waals surface area contributed by atoms with Crippen molar-refractivity contribution in [1.82, 2.24) is 5.32 Å². The summed E-state index contributed by atoms with van der Waals surface area (Å²) in [6.07, 6.45) is -3.36. The van der Waals surface area contributed by atoms with Crippen LogP contribution >= 0.6 is 0 Å². The molecule has 0 rings (SSSR count). The number of carboxylic acids is 1. The SMILES string of the molecule is C=CC(C)(C)[C@@H](N[C@@H](C(=O)O)C(C)C)C(F)(F)F. The van der Waals surface area contributed by atoms with Gasteiger partial charge in [-0.2, -0.15) is 13.2 Å². The summed E-state index contributed by atoms with van der Waals surface area (Å²) in [6.45, 7) is 9.22. The highest BCUT2D eigenvalue weighted by atomic mass is 19.4. The molecule has 0 saturated heterocycles. The van der Waals surface area contributed by atoms with Gasteiger partial charge in [0.15, 0.2) is 0 Å². The molecular weight excluding hydrogens is 247 g/mol. The highest BCUT2D eigenvalue weighted by Gasteiger charge is 2.49. The molecule has 0 aliphatic heterocycles. The van der Waals surface area contributed by atoms with E-state index in [2.05, 4.69) is 11.9 Å². The molecule has 0 aliphatic carbocycles. The smallest absolute Gasteiger partial charge is 0.404 e. The topological polar surface area (TPSA) is 49.3 Å². The lowest BCUT2D eigenvalue weighted by Crippen LogP contribution is -2.58. The lowest BCUT2D eigenvalue weighted by molar-refractivity contribution is -0.178. The van der Waals surface area contributed by atoms with Crippen molar-refractivity contribution in [2.24, 2.45) is 11.3 Å². The van der Waals surface area contributed by atoms with Crippen molar-refractivity contribution in [2.45, 2.75) is 46.0 Å². The molecule has 0 amide bonds. The van der Waals surface area contributed by atoms with Gasteiger partial charge in [0.05, 0.1) is 0 Å². The van der Waals surface area contributed by atoms with E-state index in [-0.39, 0.29) is 0 Å². The second kappa shape index (κ2) is 5.73. The quantitative estimate of drug-likeness (QED) is 0.727. The number of carboxylic acid groups (broad SMARTS) is 1. The second-order valence-corrected chi connectivity index (χ2v) is 5.23. The number of hydrogen-bond acceptors (Lipinski definition) is 2. The van der Waals surface area contributed by atoms with Crippen molar-refractivity contribution in [1.29, 1.82) is 0 Å². The zero-order valence-electron chi connectivity index (χ0n) is 11.0. The van der Waals surface area contributed by atoms with E-state index in [1.807, 2.05) is 0 Å². The maximum atomic E-state index is 13.0. The number of rotatable bonds is 6. The van der Waals surface area contributed by atoms with Gasteiger partial charge in [-0.25, -0.2) is 0 Å². The average Bonchev–Trinajstić information content (AvgIpc) is 2.14. The lowest BCUT2D eigenvalue weighted by Gasteiger charge is -2.36. The van der Waals surface area contributed by atoms with Crippen LogP contribution in [0, 0.1) is 11.3 Å². The van der Waals surface area contributed by atoms with Crippen LogP contribution in [0.3, 0.4) is 0 Å². The molecule has 3 nitrogen and oxygen atoms in total. The fourth-order valence-electron chi connectivity index (χ4n) is 1.58. The first-order valence-electron chi connectivity index (χ1n) is 5.62. The molecule has 0 fully saturated rings. The van der Waals surface area contributed by atoms with Gasteiger partial charge in [-0.1, -0.05) is 33.8 Å². The summed E-state index contributed by atoms with van der Waals surface area (Å²) in [5.41, 5.74) is -1.29. The highest BCUT2D eigenvalue weighted by molar-refractivity contribution is 5.73. The Labute approximate surface area is 105 Å². The summed E-state index contributed by atoms with van der Waals surface area (Å²) < 4.78 is 39.0. The van der Waals surface area contributed by atoms with Crippen molar-refractivity contribution < 1.29 is 23.1 Å². The molecule has 6 heteroatoms. The predicted octanol–water partition coefficient (Wildman–Crippen LogP) is 2.83. The number of aliphatic carboxylic acids is 1. The van der Waals surface area contributed by atoms with Crippen LogP contribution in [0.5, 0.6) is 0 Å². The van der Waals surface area contributed by atoms with Gasteiger partial charge in [0, 0.05) is 5.41 Å². The van der Waals surface area contributed by atoms with Crippen molar-refractivity contribution in [2.75, 3.05) is 0 Å². The Morgan fingerprint density at radius 1 is 1.33 bits per heavy atom. The summed E-state index contributed by atoms with van der Waals surface area (Å²) in [4.78, 5) is 11.0. The van der Waals surface area contributed by atoms with Crippen molar-refractivity contribution >= 4 is 5.97 Å². The molecule has 2 atom stereocenters. The first kappa shape index (κ1) is 17.0. The van der Waals surface area contributed by atoms with Crippen LogP contribution in [0.2, 0.25) is 0 Å². The van der Waals surface area contributed by atoms with Crippen LogP contribution in [0.4, 0.5) is 13.2 Å². The fraction of sp³-hybridized carbons (Fsp3) is 0.750. The molecule has 0 aromatic heterocycles. The number of alkyl halides is 3. The lowest BCUT2D eigenvalue weighted by atomic mass is 9.83. The Morgan fingerprint density at radius 2 is 1.78 bits per heavy atom. The Morgan fingerprint density at radius 3 is 2.00 bits per heavy atom. The largest absolute Gasteiger partial charge is 0.480 e. The molecule has 2 N–H and O–H groups in total. The van der Waals surface area contributed by atoms with E-state index in [0.717, 1.165) is 0 Å². The summed E-state index contributed by atoms with van der Waals surface area (Å²) >= 11 is 0. The third kappa shape index (κ3) is 4.33. The molecule has 0 radical (unpaired) electrons. The zero-order valence-corrected chi connectivity index (χ0v) is 11.0. The average molecular weight is 267 g/mol. The molecule has 0 aliphatic rings. The molecule has 0 aromatic carbocycles. The van der Waals surface area contributed by atoms with E-state index < -0.39 is 35.6 Å². The Hall–Kier alpha value is -1.04. The maximum absolute atomic E-state index is 13.0. The summed E-state index contributed by atoms with van der Waals surface area (Å²) in [7, 11) is 0. The molecule has 0 aromatic rings. The van der Waals surface area contributed by atoms with Crippen LogP contribution in [0.25, 0.3) is 0 Å². The van der Waals surface area contributed by atoms with Crippen LogP contribution in [0.1, 0.15) is 27.7 Å². The standard InChI is InChI=1S/C12H20F3NO2/c1-6-11(4,5)10(12(13,14)15)16-8(7(2)3)9(17)18/h6-8,10,16H,1H2,2-5H3,(H,17,18)/t8-,10-/m1/s1. The number of nitrogens with one attached hydrogen (secondary N) is 1. The van der Waals surface area contributed by atoms with Gasteiger partial charge >= 0.3 is 12.1 Å². The molecule has 0 heterocycles. The monoisotopic (exact) mass is 267 g/mol. The molecule has 0 spiro atoms. The van der Waals surface area contributed by atoms with Crippen molar-refractivity contribution in [3.63, 3.8) is 0 Å². The van der Waals surface area contributed by atoms with Crippen LogP contribution in [0.15, 0.2) is 12.7 Å². The van der Waals surface area contributed by atoms with Gasteiger partial charge < -0.3 is 5.11 Å². The van der Waals surface area contributed by atoms with Gasteiger partial charge in [-0.05, 0) is 5.92 Å². The van der Waals surface area contributed by atoms with E-state index >= 15 is 0 Å². The van der Waals surface area contributed by atoms with Crippen LogP contribution in [-0.4, -0.2) is 29.3 Å². The maximum Gasteiger partial charge on any atom is 0.404 e. The number of hydrogen-bond donors (Lipinski definition) is 2. The molecule has 0 saturated carbocycles. The molecule has 18 heavy (non-hydrogen) atoms. The van der Waals surface area contributed by atoms with Crippen molar-refractivity contribution in [3.05, 3.63) is 12.7 Å². The van der Waals surface area contributed by atoms with Gasteiger partial charge in [0.2, 0.25) is 0 Å². The van der Waals surface area contributed by atoms with Gasteiger partial charge in [-0.15, -0.1) is 6.58 Å². The van der Waals surface area contributed by atoms with Crippen molar-refractivity contribution in [3.8, 4) is 0 Å². The number of carbonyl (C=O) groups is 1. The normalized spacial score (nSPS) is 16.4. The second-order valence-electron chi connectivity index (χ2n) is 5.23. The summed E-state index contributed by atoms with van der Waals surface area (Å²) in [6, 6.07) is -3.21. The third-order valence-corrected chi connectivity index (χ3v) is 2.88. The highest BCUT2D eigenvalue weighted by Crippen LogP contribution is 2.35. The summed E-state index contributed by atoms with van der Waals surface area (Å²) in [5.74, 6) is -1.74. The van der Waals surface area contributed by atoms with E-state index in [4.69, 9.17) is 5.11 Å². The first-order chi connectivity index (χ1) is 7.93. The Bertz CT molecular complexity index is 311. The molecular formula is C12H20F3NO2. The fourth-order valence-corrected chi connectivity index (χ4v) is 1.58. The van der Waals surface area contributed by atoms with Crippen LogP contribution < -0.4 is 5.32 Å². The molecule has 106 valence electrons. The van der Waals surface area contributed by atoms with Gasteiger partial charge in [-0.3, -0.25) is 10.1 Å². The van der Waals surface area contributed by atoms with E-state index in [9.17, 15) is 18.0 Å². The van der Waals surface area contributed by atoms with E-state index in [1.165, 1.54) is 19.9 Å². The first-order valence-corrected chi connectivity index (χ1v) is 5.62. The minimum absolute atomic E-state index is 0.451. The summed E-state index contributed by atoms with van der Waals surface area (Å²) in [5, 5.41) is 11.1. The minimum Gasteiger partial charge on any atom is -0.480 e. The number of halogens is 3. The predicted molar refractivity (Wildman–Crippen MR) is 63.2 cm³/mol. The van der Waals surface area contributed by atoms with Gasteiger partial charge in [0.25, 0.3) is 0 Å². The zero-order chi connectivity index (χ0) is 14.7. The van der Waals surface area contributed by atoms with Gasteiger partial charge in [0.1, 0.15) is 12.1 Å².